The van der Waals surface area contributed by atoms with Crippen LogP contribution in [0, 0.1) is 0 Å². The van der Waals surface area contributed by atoms with Gasteiger partial charge in [-0.25, -0.2) is 0 Å². The molecule has 0 N–H and O–H groups in total. The molecule has 3 rings (SSSR count). The first-order valence-electron chi connectivity index (χ1n) is 6.06. The van der Waals surface area contributed by atoms with E-state index in [2.05, 4.69) is 10.2 Å². The Morgan fingerprint density at radius 1 is 1.37 bits per heavy atom. The summed E-state index contributed by atoms with van der Waals surface area (Å²) in [5.41, 5.74) is 0.308. The number of carbonyl (C=O) groups is 1. The van der Waals surface area contributed by atoms with Crippen molar-refractivity contribution in [1.29, 1.82) is 0 Å². The minimum absolute atomic E-state index is 0.136. The van der Waals surface area contributed by atoms with Crippen LogP contribution in [0.25, 0.3) is 0 Å². The number of hydrogen-bond acceptors (Lipinski definition) is 4. The second kappa shape index (κ2) is 5.01. The predicted molar refractivity (Wildman–Crippen MR) is 68.6 cm³/mol. The quantitative estimate of drug-likeness (QED) is 0.862. The van der Waals surface area contributed by atoms with Crippen LogP contribution in [0.5, 0.6) is 0 Å². The highest BCUT2D eigenvalue weighted by atomic mass is 35.5. The third kappa shape index (κ3) is 2.76. The van der Waals surface area contributed by atoms with Crippen molar-refractivity contribution >= 4 is 17.5 Å². The van der Waals surface area contributed by atoms with Crippen LogP contribution in [-0.4, -0.2) is 27.0 Å². The molecule has 5 nitrogen and oxygen atoms in total. The maximum Gasteiger partial charge on any atom is 0.275 e. The number of amides is 1. The SMILES string of the molecule is O=C(c1ccc(Cl)nn1)N(Cc1ccco1)C1CC1. The lowest BCUT2D eigenvalue weighted by Crippen LogP contribution is -2.33. The van der Waals surface area contributed by atoms with E-state index < -0.39 is 0 Å². The minimum atomic E-state index is -0.136. The smallest absolute Gasteiger partial charge is 0.275 e. The van der Waals surface area contributed by atoms with Crippen molar-refractivity contribution in [2.75, 3.05) is 0 Å². The van der Waals surface area contributed by atoms with Crippen LogP contribution in [0.4, 0.5) is 0 Å². The summed E-state index contributed by atoms with van der Waals surface area (Å²) >= 11 is 5.67. The minimum Gasteiger partial charge on any atom is -0.467 e. The lowest BCUT2D eigenvalue weighted by molar-refractivity contribution is 0.0710. The second-order valence-corrected chi connectivity index (χ2v) is 4.87. The van der Waals surface area contributed by atoms with E-state index in [-0.39, 0.29) is 17.1 Å². The Labute approximate surface area is 115 Å². The van der Waals surface area contributed by atoms with Crippen molar-refractivity contribution < 1.29 is 9.21 Å². The first-order chi connectivity index (χ1) is 9.24. The predicted octanol–water partition coefficient (Wildman–Crippen LogP) is 2.53. The van der Waals surface area contributed by atoms with E-state index in [0.29, 0.717) is 12.2 Å². The fourth-order valence-electron chi connectivity index (χ4n) is 1.90. The zero-order valence-corrected chi connectivity index (χ0v) is 10.9. The summed E-state index contributed by atoms with van der Waals surface area (Å²) in [5.74, 6) is 0.630. The third-order valence-electron chi connectivity index (χ3n) is 3.01. The van der Waals surface area contributed by atoms with Crippen molar-refractivity contribution in [2.45, 2.75) is 25.4 Å². The molecule has 2 aromatic heterocycles. The van der Waals surface area contributed by atoms with Crippen LogP contribution in [0.2, 0.25) is 5.15 Å². The number of aromatic nitrogens is 2. The van der Waals surface area contributed by atoms with Gasteiger partial charge in [0.05, 0.1) is 12.8 Å². The summed E-state index contributed by atoms with van der Waals surface area (Å²) in [6, 6.07) is 7.10. The van der Waals surface area contributed by atoms with Gasteiger partial charge in [-0.15, -0.1) is 10.2 Å². The van der Waals surface area contributed by atoms with Crippen LogP contribution in [-0.2, 0) is 6.54 Å². The summed E-state index contributed by atoms with van der Waals surface area (Å²) in [7, 11) is 0. The number of furan rings is 1. The summed E-state index contributed by atoms with van der Waals surface area (Å²) in [6.07, 6.45) is 3.65. The molecule has 0 radical (unpaired) electrons. The molecule has 0 aromatic carbocycles. The van der Waals surface area contributed by atoms with E-state index >= 15 is 0 Å². The molecule has 0 unspecified atom stereocenters. The number of halogens is 1. The van der Waals surface area contributed by atoms with E-state index in [9.17, 15) is 4.79 Å². The summed E-state index contributed by atoms with van der Waals surface area (Å²) in [6.45, 7) is 0.459. The lowest BCUT2D eigenvalue weighted by Gasteiger charge is -2.20. The standard InChI is InChI=1S/C13H12ClN3O2/c14-12-6-5-11(15-16-12)13(18)17(9-3-4-9)8-10-2-1-7-19-10/h1-2,5-7,9H,3-4,8H2. The van der Waals surface area contributed by atoms with Crippen LogP contribution >= 0.6 is 11.6 Å². The average molecular weight is 278 g/mol. The lowest BCUT2D eigenvalue weighted by atomic mass is 10.3. The molecule has 1 fully saturated rings. The highest BCUT2D eigenvalue weighted by Crippen LogP contribution is 2.29. The zero-order chi connectivity index (χ0) is 13.2. The first kappa shape index (κ1) is 12.2. The molecule has 1 aliphatic rings. The largest absolute Gasteiger partial charge is 0.467 e. The van der Waals surface area contributed by atoms with Gasteiger partial charge in [0.15, 0.2) is 10.8 Å². The molecule has 0 aliphatic heterocycles. The molecule has 1 saturated carbocycles. The molecule has 6 heteroatoms. The molecular weight excluding hydrogens is 266 g/mol. The molecule has 2 heterocycles. The fraction of sp³-hybridized carbons (Fsp3) is 0.308. The van der Waals surface area contributed by atoms with Crippen molar-refractivity contribution in [2.24, 2.45) is 0 Å². The van der Waals surface area contributed by atoms with Crippen LogP contribution < -0.4 is 0 Å². The Kier molecular flexibility index (Phi) is 3.21. The van der Waals surface area contributed by atoms with Gasteiger partial charge in [0.1, 0.15) is 5.76 Å². The van der Waals surface area contributed by atoms with Gasteiger partial charge < -0.3 is 9.32 Å². The van der Waals surface area contributed by atoms with Gasteiger partial charge in [0.2, 0.25) is 0 Å². The topological polar surface area (TPSA) is 59.2 Å². The first-order valence-corrected chi connectivity index (χ1v) is 6.44. The number of hydrogen-bond donors (Lipinski definition) is 0. The van der Waals surface area contributed by atoms with Gasteiger partial charge in [0.25, 0.3) is 5.91 Å². The molecule has 1 amide bonds. The summed E-state index contributed by atoms with van der Waals surface area (Å²) < 4.78 is 5.30. The van der Waals surface area contributed by atoms with Crippen molar-refractivity contribution in [1.82, 2.24) is 15.1 Å². The molecule has 0 saturated heterocycles. The molecule has 19 heavy (non-hydrogen) atoms. The van der Waals surface area contributed by atoms with E-state index in [4.69, 9.17) is 16.0 Å². The Morgan fingerprint density at radius 2 is 2.21 bits per heavy atom. The molecular formula is C13H12ClN3O2. The van der Waals surface area contributed by atoms with E-state index in [0.717, 1.165) is 18.6 Å². The van der Waals surface area contributed by atoms with Gasteiger partial charge in [-0.3, -0.25) is 4.79 Å². The molecule has 0 atom stereocenters. The van der Waals surface area contributed by atoms with Gasteiger partial charge in [0, 0.05) is 6.04 Å². The molecule has 2 aromatic rings. The maximum atomic E-state index is 12.4. The molecule has 1 aliphatic carbocycles. The van der Waals surface area contributed by atoms with Crippen LogP contribution in [0.3, 0.4) is 0 Å². The highest BCUT2D eigenvalue weighted by molar-refractivity contribution is 6.29. The number of rotatable bonds is 4. The van der Waals surface area contributed by atoms with Crippen molar-refractivity contribution in [3.05, 3.63) is 47.1 Å². The van der Waals surface area contributed by atoms with Crippen molar-refractivity contribution in [3.63, 3.8) is 0 Å². The van der Waals surface area contributed by atoms with Gasteiger partial charge in [-0.2, -0.15) is 0 Å². The zero-order valence-electron chi connectivity index (χ0n) is 10.1. The molecule has 0 spiro atoms. The molecule has 0 bridgehead atoms. The van der Waals surface area contributed by atoms with E-state index in [1.807, 2.05) is 12.1 Å². The van der Waals surface area contributed by atoms with Crippen LogP contribution in [0.1, 0.15) is 29.1 Å². The Hall–Kier alpha value is -1.88. The van der Waals surface area contributed by atoms with Gasteiger partial charge in [-0.05, 0) is 37.1 Å². The third-order valence-corrected chi connectivity index (χ3v) is 3.21. The molecule has 98 valence electrons. The number of carbonyl (C=O) groups excluding carboxylic acids is 1. The maximum absolute atomic E-state index is 12.4. The van der Waals surface area contributed by atoms with Gasteiger partial charge in [-0.1, -0.05) is 11.6 Å². The average Bonchev–Trinajstić information content (AvgIpc) is 3.13. The summed E-state index contributed by atoms with van der Waals surface area (Å²) in [4.78, 5) is 14.2. The highest BCUT2D eigenvalue weighted by Gasteiger charge is 2.34. The van der Waals surface area contributed by atoms with E-state index in [1.165, 1.54) is 0 Å². The fourth-order valence-corrected chi connectivity index (χ4v) is 2.00. The Balaban J connectivity index is 1.79. The summed E-state index contributed by atoms with van der Waals surface area (Å²) in [5, 5.41) is 7.82. The Morgan fingerprint density at radius 3 is 2.79 bits per heavy atom. The number of nitrogens with zero attached hydrogens (tertiary/aromatic N) is 3. The van der Waals surface area contributed by atoms with Gasteiger partial charge >= 0.3 is 0 Å². The monoisotopic (exact) mass is 277 g/mol. The normalized spacial score (nSPS) is 14.4. The van der Waals surface area contributed by atoms with E-state index in [1.54, 1.807) is 23.3 Å². The second-order valence-electron chi connectivity index (χ2n) is 4.48. The van der Waals surface area contributed by atoms with Crippen LogP contribution in [0.15, 0.2) is 34.9 Å². The van der Waals surface area contributed by atoms with Crippen molar-refractivity contribution in [3.8, 4) is 0 Å². The Bertz CT molecular complexity index is 564.